The smallest absolute Gasteiger partial charge is 0.252 e. The van der Waals surface area contributed by atoms with E-state index in [0.29, 0.717) is 18.1 Å². The van der Waals surface area contributed by atoms with Gasteiger partial charge in [0.15, 0.2) is 5.82 Å². The SMILES string of the molecule is N#Cc1ncn(-c2ccc(CN)nn2)n1. The average Bonchev–Trinajstić information content (AvgIpc) is 2.78. The largest absolute Gasteiger partial charge is 0.325 e. The van der Waals surface area contributed by atoms with Gasteiger partial charge in [-0.1, -0.05) is 0 Å². The standard InChI is InChI=1S/C8H7N7/c9-3-6-1-2-8(13-12-6)15-5-11-7(4-10)14-15/h1-2,5H,3,9H2. The highest BCUT2D eigenvalue weighted by atomic mass is 15.4. The Bertz CT molecular complexity index is 492. The molecule has 0 unspecified atom stereocenters. The second kappa shape index (κ2) is 3.81. The predicted molar refractivity (Wildman–Crippen MR) is 49.6 cm³/mol. The molecule has 0 radical (unpaired) electrons. The van der Waals surface area contributed by atoms with Crippen molar-refractivity contribution in [3.63, 3.8) is 0 Å². The van der Waals surface area contributed by atoms with Crippen LogP contribution >= 0.6 is 0 Å². The second-order valence-electron chi connectivity index (χ2n) is 2.71. The van der Waals surface area contributed by atoms with E-state index in [0.717, 1.165) is 0 Å². The van der Waals surface area contributed by atoms with Gasteiger partial charge in [-0.05, 0) is 12.1 Å². The Morgan fingerprint density at radius 3 is 2.80 bits per heavy atom. The summed E-state index contributed by atoms with van der Waals surface area (Å²) >= 11 is 0. The molecule has 0 atom stereocenters. The number of hydrogen-bond donors (Lipinski definition) is 1. The van der Waals surface area contributed by atoms with E-state index in [-0.39, 0.29) is 5.82 Å². The van der Waals surface area contributed by atoms with Crippen LogP contribution in [0.2, 0.25) is 0 Å². The lowest BCUT2D eigenvalue weighted by Gasteiger charge is -1.98. The van der Waals surface area contributed by atoms with E-state index in [9.17, 15) is 0 Å². The minimum atomic E-state index is 0.0969. The summed E-state index contributed by atoms with van der Waals surface area (Å²) < 4.78 is 1.38. The molecule has 2 N–H and O–H groups in total. The number of nitrogens with two attached hydrogens (primary N) is 1. The van der Waals surface area contributed by atoms with E-state index in [2.05, 4.69) is 20.3 Å². The molecule has 74 valence electrons. The first-order valence-electron chi connectivity index (χ1n) is 4.18. The zero-order chi connectivity index (χ0) is 10.7. The molecule has 2 rings (SSSR count). The molecule has 0 aromatic carbocycles. The van der Waals surface area contributed by atoms with Crippen LogP contribution in [0.3, 0.4) is 0 Å². The van der Waals surface area contributed by atoms with Crippen LogP contribution < -0.4 is 5.73 Å². The molecule has 2 aromatic heterocycles. The van der Waals surface area contributed by atoms with Crippen LogP contribution in [-0.4, -0.2) is 25.0 Å². The molecular formula is C8H7N7. The molecule has 0 aliphatic heterocycles. The zero-order valence-corrected chi connectivity index (χ0v) is 7.70. The summed E-state index contributed by atoms with van der Waals surface area (Å²) in [6.45, 7) is 0.341. The van der Waals surface area contributed by atoms with Crippen molar-refractivity contribution in [2.75, 3.05) is 0 Å². The maximum atomic E-state index is 8.54. The normalized spacial score (nSPS) is 9.87. The van der Waals surface area contributed by atoms with Crippen molar-refractivity contribution < 1.29 is 0 Å². The van der Waals surface area contributed by atoms with Crippen molar-refractivity contribution in [1.82, 2.24) is 25.0 Å². The van der Waals surface area contributed by atoms with Crippen molar-refractivity contribution in [2.45, 2.75) is 6.54 Å². The second-order valence-corrected chi connectivity index (χ2v) is 2.71. The molecule has 7 nitrogen and oxygen atoms in total. The van der Waals surface area contributed by atoms with Gasteiger partial charge in [0.25, 0.3) is 5.82 Å². The maximum absolute atomic E-state index is 8.54. The molecule has 0 spiro atoms. The zero-order valence-electron chi connectivity index (χ0n) is 7.70. The molecule has 0 aliphatic rings. The van der Waals surface area contributed by atoms with Crippen LogP contribution in [0.15, 0.2) is 18.5 Å². The van der Waals surface area contributed by atoms with Crippen molar-refractivity contribution in [3.05, 3.63) is 30.0 Å². The van der Waals surface area contributed by atoms with E-state index >= 15 is 0 Å². The molecule has 0 saturated heterocycles. The molecule has 0 fully saturated rings. The fourth-order valence-electron chi connectivity index (χ4n) is 1.01. The van der Waals surface area contributed by atoms with Gasteiger partial charge in [0.2, 0.25) is 0 Å². The van der Waals surface area contributed by atoms with Gasteiger partial charge >= 0.3 is 0 Å². The first kappa shape index (κ1) is 9.23. The lowest BCUT2D eigenvalue weighted by molar-refractivity contribution is 0.789. The van der Waals surface area contributed by atoms with Gasteiger partial charge in [0.1, 0.15) is 12.4 Å². The molecule has 2 heterocycles. The third-order valence-corrected chi connectivity index (χ3v) is 1.74. The first-order valence-corrected chi connectivity index (χ1v) is 4.18. The summed E-state index contributed by atoms with van der Waals surface area (Å²) in [4.78, 5) is 3.75. The fraction of sp³-hybridized carbons (Fsp3) is 0.125. The van der Waals surface area contributed by atoms with Crippen LogP contribution in [0.5, 0.6) is 0 Å². The van der Waals surface area contributed by atoms with E-state index in [1.54, 1.807) is 12.1 Å². The highest BCUT2D eigenvalue weighted by molar-refractivity contribution is 5.20. The molecule has 0 aliphatic carbocycles. The highest BCUT2D eigenvalue weighted by Gasteiger charge is 2.03. The molecule has 0 amide bonds. The van der Waals surface area contributed by atoms with E-state index in [1.807, 2.05) is 6.07 Å². The Morgan fingerprint density at radius 2 is 2.27 bits per heavy atom. The van der Waals surface area contributed by atoms with Crippen LogP contribution in [0.25, 0.3) is 5.82 Å². The van der Waals surface area contributed by atoms with Crippen molar-refractivity contribution in [1.29, 1.82) is 5.26 Å². The Morgan fingerprint density at radius 1 is 1.40 bits per heavy atom. The molecule has 15 heavy (non-hydrogen) atoms. The van der Waals surface area contributed by atoms with Crippen molar-refractivity contribution in [3.8, 4) is 11.9 Å². The number of rotatable bonds is 2. The summed E-state index contributed by atoms with van der Waals surface area (Å²) in [6, 6.07) is 5.29. The summed E-state index contributed by atoms with van der Waals surface area (Å²) in [5, 5.41) is 20.2. The minimum absolute atomic E-state index is 0.0969. The fourth-order valence-corrected chi connectivity index (χ4v) is 1.01. The van der Waals surface area contributed by atoms with Gasteiger partial charge in [-0.25, -0.2) is 4.98 Å². The third-order valence-electron chi connectivity index (χ3n) is 1.74. The average molecular weight is 201 g/mol. The molecule has 0 saturated carbocycles. The molecule has 0 bridgehead atoms. The van der Waals surface area contributed by atoms with Crippen LogP contribution in [-0.2, 0) is 6.54 Å². The summed E-state index contributed by atoms with van der Waals surface area (Å²) in [5.41, 5.74) is 6.08. The van der Waals surface area contributed by atoms with Crippen LogP contribution in [0.1, 0.15) is 11.5 Å². The highest BCUT2D eigenvalue weighted by Crippen LogP contribution is 2.01. The van der Waals surface area contributed by atoms with E-state index in [4.69, 9.17) is 11.0 Å². The van der Waals surface area contributed by atoms with Gasteiger partial charge in [0.05, 0.1) is 5.69 Å². The summed E-state index contributed by atoms with van der Waals surface area (Å²) in [7, 11) is 0. The third kappa shape index (κ3) is 1.79. The van der Waals surface area contributed by atoms with Gasteiger partial charge in [0, 0.05) is 6.54 Å². The predicted octanol–water partition coefficient (Wildman–Crippen LogP) is -0.612. The molecule has 7 heteroatoms. The van der Waals surface area contributed by atoms with Gasteiger partial charge in [-0.15, -0.1) is 10.2 Å². The summed E-state index contributed by atoms with van der Waals surface area (Å²) in [6.07, 6.45) is 1.41. The minimum Gasteiger partial charge on any atom is -0.325 e. The van der Waals surface area contributed by atoms with E-state index in [1.165, 1.54) is 11.0 Å². The van der Waals surface area contributed by atoms with Gasteiger partial charge in [-0.2, -0.15) is 15.0 Å². The quantitative estimate of drug-likeness (QED) is 0.694. The maximum Gasteiger partial charge on any atom is 0.252 e. The Labute approximate surface area is 85.2 Å². The topological polar surface area (TPSA) is 106 Å². The number of hydrogen-bond acceptors (Lipinski definition) is 6. The van der Waals surface area contributed by atoms with Crippen molar-refractivity contribution >= 4 is 0 Å². The first-order chi connectivity index (χ1) is 7.33. The van der Waals surface area contributed by atoms with E-state index < -0.39 is 0 Å². The Hall–Kier alpha value is -2.33. The lowest BCUT2D eigenvalue weighted by atomic mass is 10.4. The van der Waals surface area contributed by atoms with Crippen molar-refractivity contribution in [2.24, 2.45) is 5.73 Å². The van der Waals surface area contributed by atoms with Gasteiger partial charge in [-0.3, -0.25) is 0 Å². The van der Waals surface area contributed by atoms with Crippen LogP contribution in [0.4, 0.5) is 0 Å². The number of nitriles is 1. The van der Waals surface area contributed by atoms with Crippen LogP contribution in [0, 0.1) is 11.3 Å². The number of aromatic nitrogens is 5. The van der Waals surface area contributed by atoms with Gasteiger partial charge < -0.3 is 5.73 Å². The monoisotopic (exact) mass is 201 g/mol. The Kier molecular flexibility index (Phi) is 2.35. The Balaban J connectivity index is 2.33. The molecular weight excluding hydrogens is 194 g/mol. The number of nitrogens with zero attached hydrogens (tertiary/aromatic N) is 6. The lowest BCUT2D eigenvalue weighted by Crippen LogP contribution is -2.05. The summed E-state index contributed by atoms with van der Waals surface area (Å²) in [5.74, 6) is 0.598. The molecule has 2 aromatic rings.